The van der Waals surface area contributed by atoms with E-state index in [1.165, 1.54) is 4.90 Å². The lowest BCUT2D eigenvalue weighted by molar-refractivity contribution is -0.695. The molecular formula is C22H19ClN3O3+. The summed E-state index contributed by atoms with van der Waals surface area (Å²) in [5.41, 5.74) is 1.82. The van der Waals surface area contributed by atoms with Crippen molar-refractivity contribution in [3.63, 3.8) is 0 Å². The number of methoxy groups -OCH3 is 1. The molecule has 0 fully saturated rings. The Bertz CT molecular complexity index is 1070. The monoisotopic (exact) mass is 408 g/mol. The number of amides is 2. The first-order chi connectivity index (χ1) is 14.1. The number of ether oxygens (including phenoxy) is 1. The van der Waals surface area contributed by atoms with Gasteiger partial charge in [-0.25, -0.2) is 0 Å². The number of nitrogens with zero attached hydrogens (tertiary/aromatic N) is 2. The standard InChI is InChI=1S/C22H18ClN3O3/c1-29-16-11-9-15(10-12-16)24-22(28)21-19-8-4-5-13-25(19)14-20(27)26(21)18-7-3-2-6-17(18)23/h2-13,21H,14H2,1H3/p+1/t21-/m1/s1. The maximum absolute atomic E-state index is 13.3. The van der Waals surface area contributed by atoms with Crippen molar-refractivity contribution in [3.8, 4) is 5.75 Å². The summed E-state index contributed by atoms with van der Waals surface area (Å²) in [6.07, 6.45) is 1.80. The van der Waals surface area contributed by atoms with E-state index in [2.05, 4.69) is 5.32 Å². The Kier molecular flexibility index (Phi) is 5.18. The summed E-state index contributed by atoms with van der Waals surface area (Å²) in [5, 5.41) is 3.31. The molecule has 6 nitrogen and oxygen atoms in total. The molecule has 2 heterocycles. The Morgan fingerprint density at radius 1 is 1.10 bits per heavy atom. The summed E-state index contributed by atoms with van der Waals surface area (Å²) in [6.45, 7) is 0.133. The number of rotatable bonds is 4. The summed E-state index contributed by atoms with van der Waals surface area (Å²) >= 11 is 6.37. The number of carbonyl (C=O) groups is 2. The SMILES string of the molecule is COc1ccc(NC(=O)[C@H]2c3cccc[n+]3CC(=O)N2c2ccccc2Cl)cc1. The van der Waals surface area contributed by atoms with Gasteiger partial charge in [-0.1, -0.05) is 29.8 Å². The van der Waals surface area contributed by atoms with E-state index in [1.54, 1.807) is 66.4 Å². The van der Waals surface area contributed by atoms with Crippen LogP contribution in [0.25, 0.3) is 0 Å². The third-order valence-corrected chi connectivity index (χ3v) is 5.13. The maximum Gasteiger partial charge on any atom is 0.294 e. The van der Waals surface area contributed by atoms with Gasteiger partial charge in [-0.2, -0.15) is 4.57 Å². The second-order valence-corrected chi connectivity index (χ2v) is 7.00. The number of hydrogen-bond acceptors (Lipinski definition) is 3. The minimum Gasteiger partial charge on any atom is -0.497 e. The second kappa shape index (κ2) is 7.93. The van der Waals surface area contributed by atoms with Crippen LogP contribution in [0.2, 0.25) is 5.02 Å². The van der Waals surface area contributed by atoms with Crippen LogP contribution in [0.4, 0.5) is 11.4 Å². The molecule has 0 saturated heterocycles. The first-order valence-corrected chi connectivity index (χ1v) is 9.46. The molecule has 1 N–H and O–H groups in total. The van der Waals surface area contributed by atoms with Crippen LogP contribution in [0, 0.1) is 0 Å². The van der Waals surface area contributed by atoms with E-state index in [0.29, 0.717) is 27.8 Å². The van der Waals surface area contributed by atoms with Crippen LogP contribution in [0.5, 0.6) is 5.75 Å². The van der Waals surface area contributed by atoms with Crippen molar-refractivity contribution in [2.75, 3.05) is 17.3 Å². The lowest BCUT2D eigenvalue weighted by Crippen LogP contribution is -2.58. The van der Waals surface area contributed by atoms with Gasteiger partial charge in [0.15, 0.2) is 6.20 Å². The Morgan fingerprint density at radius 2 is 1.83 bits per heavy atom. The van der Waals surface area contributed by atoms with Gasteiger partial charge >= 0.3 is 0 Å². The zero-order chi connectivity index (χ0) is 20.4. The van der Waals surface area contributed by atoms with Crippen molar-refractivity contribution in [1.29, 1.82) is 0 Å². The number of fused-ring (bicyclic) bond motifs is 1. The van der Waals surface area contributed by atoms with Gasteiger partial charge in [-0.05, 0) is 36.4 Å². The van der Waals surface area contributed by atoms with E-state index in [1.807, 2.05) is 18.2 Å². The molecule has 1 aliphatic heterocycles. The van der Waals surface area contributed by atoms with E-state index < -0.39 is 6.04 Å². The van der Waals surface area contributed by atoms with Gasteiger partial charge in [-0.3, -0.25) is 14.5 Å². The lowest BCUT2D eigenvalue weighted by Gasteiger charge is -2.32. The summed E-state index contributed by atoms with van der Waals surface area (Å²) < 4.78 is 6.94. The van der Waals surface area contributed by atoms with Crippen LogP contribution >= 0.6 is 11.6 Å². The van der Waals surface area contributed by atoms with Gasteiger partial charge in [0, 0.05) is 17.8 Å². The van der Waals surface area contributed by atoms with Gasteiger partial charge in [0.1, 0.15) is 5.75 Å². The zero-order valence-electron chi connectivity index (χ0n) is 15.7. The molecule has 146 valence electrons. The van der Waals surface area contributed by atoms with E-state index in [9.17, 15) is 9.59 Å². The van der Waals surface area contributed by atoms with Gasteiger partial charge in [-0.15, -0.1) is 0 Å². The van der Waals surface area contributed by atoms with Crippen LogP contribution in [0.1, 0.15) is 11.7 Å². The fourth-order valence-corrected chi connectivity index (χ4v) is 3.66. The molecule has 4 rings (SSSR count). The normalized spacial score (nSPS) is 15.6. The van der Waals surface area contributed by atoms with Crippen molar-refractivity contribution in [2.24, 2.45) is 0 Å². The molecular weight excluding hydrogens is 390 g/mol. The van der Waals surface area contributed by atoms with Crippen molar-refractivity contribution < 1.29 is 18.9 Å². The Balaban J connectivity index is 1.75. The third-order valence-electron chi connectivity index (χ3n) is 4.81. The van der Waals surface area contributed by atoms with Gasteiger partial charge in [0.05, 0.1) is 17.8 Å². The molecule has 0 saturated carbocycles. The number of benzene rings is 2. The molecule has 2 amide bonds. The first-order valence-electron chi connectivity index (χ1n) is 9.08. The van der Waals surface area contributed by atoms with Crippen molar-refractivity contribution >= 4 is 34.8 Å². The topological polar surface area (TPSA) is 62.5 Å². The van der Waals surface area contributed by atoms with E-state index in [4.69, 9.17) is 16.3 Å². The van der Waals surface area contributed by atoms with Crippen LogP contribution in [0.3, 0.4) is 0 Å². The van der Waals surface area contributed by atoms with Crippen LogP contribution in [-0.4, -0.2) is 18.9 Å². The highest BCUT2D eigenvalue weighted by Gasteiger charge is 2.44. The Morgan fingerprint density at radius 3 is 2.55 bits per heavy atom. The predicted octanol–water partition coefficient (Wildman–Crippen LogP) is 3.36. The highest BCUT2D eigenvalue weighted by atomic mass is 35.5. The molecule has 3 aromatic rings. The molecule has 2 aromatic carbocycles. The molecule has 29 heavy (non-hydrogen) atoms. The summed E-state index contributed by atoms with van der Waals surface area (Å²) in [5.74, 6) is 0.147. The third kappa shape index (κ3) is 3.67. The largest absolute Gasteiger partial charge is 0.497 e. The number of hydrogen-bond donors (Lipinski definition) is 1. The van der Waals surface area contributed by atoms with Crippen molar-refractivity contribution in [3.05, 3.63) is 83.6 Å². The molecule has 1 aliphatic rings. The number of pyridine rings is 1. The first kappa shape index (κ1) is 19.0. The van der Waals surface area contributed by atoms with Crippen LogP contribution < -0.4 is 19.5 Å². The van der Waals surface area contributed by atoms with E-state index in [0.717, 1.165) is 0 Å². The zero-order valence-corrected chi connectivity index (χ0v) is 16.5. The number of aromatic nitrogens is 1. The second-order valence-electron chi connectivity index (χ2n) is 6.59. The number of nitrogens with one attached hydrogen (secondary N) is 1. The van der Waals surface area contributed by atoms with E-state index in [-0.39, 0.29) is 18.4 Å². The highest BCUT2D eigenvalue weighted by molar-refractivity contribution is 6.34. The highest BCUT2D eigenvalue weighted by Crippen LogP contribution is 2.34. The molecule has 0 radical (unpaired) electrons. The minimum atomic E-state index is -0.862. The number of halogens is 1. The molecule has 1 atom stereocenters. The molecule has 0 unspecified atom stereocenters. The molecule has 1 aromatic heterocycles. The van der Waals surface area contributed by atoms with Crippen LogP contribution in [-0.2, 0) is 16.1 Å². The van der Waals surface area contributed by atoms with Crippen LogP contribution in [0.15, 0.2) is 72.9 Å². The van der Waals surface area contributed by atoms with Gasteiger partial charge in [0.25, 0.3) is 11.8 Å². The fraction of sp³-hybridized carbons (Fsp3) is 0.136. The van der Waals surface area contributed by atoms with Gasteiger partial charge in [0.2, 0.25) is 18.3 Å². The molecule has 7 heteroatoms. The average Bonchev–Trinajstić information content (AvgIpc) is 2.74. The van der Waals surface area contributed by atoms with E-state index >= 15 is 0 Å². The fourth-order valence-electron chi connectivity index (χ4n) is 3.44. The molecule has 0 aliphatic carbocycles. The molecule has 0 spiro atoms. The summed E-state index contributed by atoms with van der Waals surface area (Å²) in [4.78, 5) is 27.8. The lowest BCUT2D eigenvalue weighted by atomic mass is 10.0. The van der Waals surface area contributed by atoms with Crippen molar-refractivity contribution in [2.45, 2.75) is 12.6 Å². The number of carbonyl (C=O) groups excluding carboxylic acids is 2. The maximum atomic E-state index is 13.3. The number of para-hydroxylation sites is 1. The number of anilines is 2. The minimum absolute atomic E-state index is 0.133. The smallest absolute Gasteiger partial charge is 0.294 e. The van der Waals surface area contributed by atoms with Crippen molar-refractivity contribution in [1.82, 2.24) is 0 Å². The Hall–Kier alpha value is -3.38. The van der Waals surface area contributed by atoms with Gasteiger partial charge < -0.3 is 10.1 Å². The summed E-state index contributed by atoms with van der Waals surface area (Å²) in [7, 11) is 1.58. The predicted molar refractivity (Wildman–Crippen MR) is 110 cm³/mol. The molecule has 0 bridgehead atoms. The summed E-state index contributed by atoms with van der Waals surface area (Å²) in [6, 6.07) is 18.7. The average molecular weight is 409 g/mol. The Labute approximate surface area is 173 Å². The quantitative estimate of drug-likeness (QED) is 0.673.